The second kappa shape index (κ2) is 4.98. The normalized spacial score (nSPS) is 19.6. The lowest BCUT2D eigenvalue weighted by Gasteiger charge is -2.33. The second-order valence-electron chi connectivity index (χ2n) is 4.40. The third-order valence-electron chi connectivity index (χ3n) is 3.18. The van der Waals surface area contributed by atoms with Crippen molar-refractivity contribution >= 4 is 23.4 Å². The van der Waals surface area contributed by atoms with Gasteiger partial charge >= 0.3 is 0 Å². The van der Waals surface area contributed by atoms with E-state index < -0.39 is 6.04 Å². The highest BCUT2D eigenvalue weighted by atomic mass is 35.5. The van der Waals surface area contributed by atoms with E-state index in [-0.39, 0.29) is 11.8 Å². The smallest absolute Gasteiger partial charge is 0.256 e. The molecule has 1 aliphatic rings. The average Bonchev–Trinajstić information content (AvgIpc) is 2.35. The number of nitrogens with one attached hydrogen (secondary N) is 1. The molecule has 0 spiro atoms. The van der Waals surface area contributed by atoms with Crippen molar-refractivity contribution in [1.29, 1.82) is 0 Å². The highest BCUT2D eigenvalue weighted by Gasteiger charge is 2.30. The van der Waals surface area contributed by atoms with Crippen LogP contribution in [-0.4, -0.2) is 35.8 Å². The number of amides is 2. The molecular formula is C13H15ClN2O2. The minimum atomic E-state index is -0.456. The van der Waals surface area contributed by atoms with Gasteiger partial charge in [0.15, 0.2) is 0 Å². The monoisotopic (exact) mass is 266 g/mol. The summed E-state index contributed by atoms with van der Waals surface area (Å²) in [6.45, 7) is 4.57. The molecule has 1 heterocycles. The van der Waals surface area contributed by atoms with Gasteiger partial charge in [0, 0.05) is 13.1 Å². The summed E-state index contributed by atoms with van der Waals surface area (Å²) >= 11 is 6.14. The van der Waals surface area contributed by atoms with Gasteiger partial charge in [0.05, 0.1) is 10.6 Å². The van der Waals surface area contributed by atoms with Crippen LogP contribution in [0, 0.1) is 6.92 Å². The van der Waals surface area contributed by atoms with E-state index in [1.807, 2.05) is 13.0 Å². The van der Waals surface area contributed by atoms with Crippen LogP contribution in [0.1, 0.15) is 22.8 Å². The molecule has 1 aliphatic heterocycles. The minimum Gasteiger partial charge on any atom is -0.353 e. The van der Waals surface area contributed by atoms with Crippen LogP contribution in [0.5, 0.6) is 0 Å². The van der Waals surface area contributed by atoms with Crippen molar-refractivity contribution in [3.8, 4) is 0 Å². The number of halogens is 1. The van der Waals surface area contributed by atoms with Crippen LogP contribution in [-0.2, 0) is 4.79 Å². The van der Waals surface area contributed by atoms with Crippen molar-refractivity contribution < 1.29 is 9.59 Å². The van der Waals surface area contributed by atoms with Crippen molar-refractivity contribution in [3.63, 3.8) is 0 Å². The molecule has 0 aromatic heterocycles. The molecule has 2 amide bonds. The summed E-state index contributed by atoms with van der Waals surface area (Å²) in [5.74, 6) is -0.315. The van der Waals surface area contributed by atoms with E-state index >= 15 is 0 Å². The lowest BCUT2D eigenvalue weighted by atomic mass is 10.1. The molecule has 96 valence electrons. The first kappa shape index (κ1) is 12.9. The van der Waals surface area contributed by atoms with Crippen molar-refractivity contribution in [2.24, 2.45) is 0 Å². The number of aryl methyl sites for hydroxylation is 1. The Hall–Kier alpha value is -1.55. The third-order valence-corrected chi connectivity index (χ3v) is 3.68. The molecule has 1 saturated heterocycles. The first-order valence-corrected chi connectivity index (χ1v) is 6.24. The number of piperazine rings is 1. The maximum absolute atomic E-state index is 12.4. The van der Waals surface area contributed by atoms with Crippen molar-refractivity contribution in [2.45, 2.75) is 19.9 Å². The Morgan fingerprint density at radius 2 is 2.22 bits per heavy atom. The molecule has 4 nitrogen and oxygen atoms in total. The second-order valence-corrected chi connectivity index (χ2v) is 4.78. The number of rotatable bonds is 1. The topological polar surface area (TPSA) is 49.4 Å². The van der Waals surface area contributed by atoms with E-state index in [4.69, 9.17) is 11.6 Å². The molecule has 1 aromatic rings. The van der Waals surface area contributed by atoms with E-state index in [9.17, 15) is 9.59 Å². The maximum atomic E-state index is 12.4. The van der Waals surface area contributed by atoms with E-state index in [2.05, 4.69) is 5.32 Å². The Labute approximate surface area is 111 Å². The lowest BCUT2D eigenvalue weighted by molar-refractivity contribution is -0.127. The molecule has 18 heavy (non-hydrogen) atoms. The summed E-state index contributed by atoms with van der Waals surface area (Å²) in [6, 6.07) is 4.88. The summed E-state index contributed by atoms with van der Waals surface area (Å²) < 4.78 is 0. The van der Waals surface area contributed by atoms with E-state index in [1.54, 1.807) is 24.0 Å². The highest BCUT2D eigenvalue weighted by Crippen LogP contribution is 2.22. The minimum absolute atomic E-state index is 0.127. The average molecular weight is 267 g/mol. The summed E-state index contributed by atoms with van der Waals surface area (Å²) in [4.78, 5) is 25.5. The Morgan fingerprint density at radius 1 is 1.50 bits per heavy atom. The first-order valence-electron chi connectivity index (χ1n) is 5.86. The quantitative estimate of drug-likeness (QED) is 0.840. The molecule has 0 aliphatic carbocycles. The van der Waals surface area contributed by atoms with Gasteiger partial charge < -0.3 is 10.2 Å². The fourth-order valence-corrected chi connectivity index (χ4v) is 2.23. The molecule has 1 unspecified atom stereocenters. The van der Waals surface area contributed by atoms with E-state index in [0.29, 0.717) is 23.7 Å². The van der Waals surface area contributed by atoms with Crippen LogP contribution in [0.3, 0.4) is 0 Å². The zero-order chi connectivity index (χ0) is 13.3. The van der Waals surface area contributed by atoms with Gasteiger partial charge in [0.1, 0.15) is 6.04 Å². The third kappa shape index (κ3) is 2.20. The van der Waals surface area contributed by atoms with Crippen LogP contribution in [0.4, 0.5) is 0 Å². The first-order chi connectivity index (χ1) is 8.52. The summed E-state index contributed by atoms with van der Waals surface area (Å²) in [5.41, 5.74) is 1.31. The zero-order valence-electron chi connectivity index (χ0n) is 10.4. The van der Waals surface area contributed by atoms with Gasteiger partial charge in [-0.1, -0.05) is 23.7 Å². The van der Waals surface area contributed by atoms with Gasteiger partial charge in [-0.3, -0.25) is 9.59 Å². The van der Waals surface area contributed by atoms with Gasteiger partial charge in [-0.2, -0.15) is 0 Å². The van der Waals surface area contributed by atoms with E-state index in [1.165, 1.54) is 0 Å². The number of carbonyl (C=O) groups excluding carboxylic acids is 2. The lowest BCUT2D eigenvalue weighted by Crippen LogP contribution is -2.55. The van der Waals surface area contributed by atoms with Crippen LogP contribution < -0.4 is 5.32 Å². The molecule has 0 saturated carbocycles. The van der Waals surface area contributed by atoms with Crippen LogP contribution >= 0.6 is 11.6 Å². The molecule has 1 fully saturated rings. The number of benzene rings is 1. The van der Waals surface area contributed by atoms with Crippen LogP contribution in [0.15, 0.2) is 18.2 Å². The fourth-order valence-electron chi connectivity index (χ4n) is 2.03. The highest BCUT2D eigenvalue weighted by molar-refractivity contribution is 6.34. The van der Waals surface area contributed by atoms with Gasteiger partial charge in [-0.15, -0.1) is 0 Å². The van der Waals surface area contributed by atoms with Crippen molar-refractivity contribution in [1.82, 2.24) is 10.2 Å². The summed E-state index contributed by atoms with van der Waals surface area (Å²) in [7, 11) is 0. The Kier molecular flexibility index (Phi) is 3.57. The molecule has 5 heteroatoms. The standard InChI is InChI=1S/C13H15ClN2O2/c1-8-4-3-5-10(11(8)14)13(18)16-7-6-15-12(17)9(16)2/h3-5,9H,6-7H2,1-2H3,(H,15,17). The number of carbonyl (C=O) groups is 2. The zero-order valence-corrected chi connectivity index (χ0v) is 11.1. The Morgan fingerprint density at radius 3 is 2.94 bits per heavy atom. The Bertz CT molecular complexity index is 502. The number of hydrogen-bond acceptors (Lipinski definition) is 2. The van der Waals surface area contributed by atoms with Gasteiger partial charge in [-0.25, -0.2) is 0 Å². The van der Waals surface area contributed by atoms with Crippen LogP contribution in [0.25, 0.3) is 0 Å². The molecular weight excluding hydrogens is 252 g/mol. The van der Waals surface area contributed by atoms with Gasteiger partial charge in [0.2, 0.25) is 5.91 Å². The maximum Gasteiger partial charge on any atom is 0.256 e. The SMILES string of the molecule is Cc1cccc(C(=O)N2CCNC(=O)C2C)c1Cl. The molecule has 0 radical (unpaired) electrons. The predicted octanol–water partition coefficient (Wildman–Crippen LogP) is 1.61. The van der Waals surface area contributed by atoms with Gasteiger partial charge in [-0.05, 0) is 25.5 Å². The molecule has 1 N–H and O–H groups in total. The van der Waals surface area contributed by atoms with E-state index in [0.717, 1.165) is 5.56 Å². The molecule has 0 bridgehead atoms. The largest absolute Gasteiger partial charge is 0.353 e. The summed E-state index contributed by atoms with van der Waals surface area (Å²) in [6.07, 6.45) is 0. The predicted molar refractivity (Wildman–Crippen MR) is 69.7 cm³/mol. The molecule has 1 atom stereocenters. The fraction of sp³-hybridized carbons (Fsp3) is 0.385. The molecule has 1 aromatic carbocycles. The van der Waals surface area contributed by atoms with Crippen molar-refractivity contribution in [3.05, 3.63) is 34.3 Å². The Balaban J connectivity index is 2.31. The van der Waals surface area contributed by atoms with Crippen molar-refractivity contribution in [2.75, 3.05) is 13.1 Å². The number of nitrogens with zero attached hydrogens (tertiary/aromatic N) is 1. The van der Waals surface area contributed by atoms with Crippen LogP contribution in [0.2, 0.25) is 5.02 Å². The summed E-state index contributed by atoms with van der Waals surface area (Å²) in [5, 5.41) is 3.19. The number of hydrogen-bond donors (Lipinski definition) is 1. The molecule has 2 rings (SSSR count). The van der Waals surface area contributed by atoms with Gasteiger partial charge in [0.25, 0.3) is 5.91 Å².